The number of hydrogen-bond donors (Lipinski definition) is 8. The SMILES string of the molecule is NOC(O)[C@@H](O)[C@@H](O)[C@H](O)[C@H](O)C(O)ON. The summed E-state index contributed by atoms with van der Waals surface area (Å²) in [6.45, 7) is 0. The standard InChI is InChI=1S/C6H16N2O8/c7-15-5(13)3(11)1(9)2(10)4(12)6(14)16-8/h1-6,9-14H,7-8H2/t1-,2-,3-,4-,5?,6?/m0/s1. The third kappa shape index (κ3) is 3.88. The molecule has 0 aliphatic carbocycles. The Balaban J connectivity index is 4.41. The maximum atomic E-state index is 9.24. The Morgan fingerprint density at radius 1 is 0.562 bits per heavy atom. The molecule has 0 aromatic rings. The number of rotatable bonds is 7. The summed E-state index contributed by atoms with van der Waals surface area (Å²) in [5, 5.41) is 54.4. The summed E-state index contributed by atoms with van der Waals surface area (Å²) in [4.78, 5) is 7.57. The maximum absolute atomic E-state index is 9.24. The minimum atomic E-state index is -2.04. The average molecular weight is 244 g/mol. The lowest BCUT2D eigenvalue weighted by Crippen LogP contribution is -2.53. The van der Waals surface area contributed by atoms with Crippen LogP contribution >= 0.6 is 0 Å². The molecule has 0 spiro atoms. The fraction of sp³-hybridized carbons (Fsp3) is 1.00. The Kier molecular flexibility index (Phi) is 6.85. The third-order valence-electron chi connectivity index (χ3n) is 1.91. The van der Waals surface area contributed by atoms with Gasteiger partial charge in [-0.05, 0) is 0 Å². The van der Waals surface area contributed by atoms with Crippen molar-refractivity contribution in [3.63, 3.8) is 0 Å². The van der Waals surface area contributed by atoms with Crippen molar-refractivity contribution in [2.75, 3.05) is 0 Å². The van der Waals surface area contributed by atoms with Gasteiger partial charge in [0.25, 0.3) is 0 Å². The smallest absolute Gasteiger partial charge is 0.203 e. The highest BCUT2D eigenvalue weighted by molar-refractivity contribution is 4.83. The van der Waals surface area contributed by atoms with Crippen LogP contribution in [0.4, 0.5) is 0 Å². The predicted molar refractivity (Wildman–Crippen MR) is 46.6 cm³/mol. The highest BCUT2D eigenvalue weighted by Gasteiger charge is 2.37. The molecule has 10 heteroatoms. The molecule has 16 heavy (non-hydrogen) atoms. The Labute approximate surface area is 90.1 Å². The second kappa shape index (κ2) is 7.03. The van der Waals surface area contributed by atoms with Crippen LogP contribution in [0.25, 0.3) is 0 Å². The molecule has 0 fully saturated rings. The van der Waals surface area contributed by atoms with Crippen LogP contribution in [0.15, 0.2) is 0 Å². The van der Waals surface area contributed by atoms with Crippen molar-refractivity contribution in [3.05, 3.63) is 0 Å². The van der Waals surface area contributed by atoms with Gasteiger partial charge in [0.05, 0.1) is 0 Å². The van der Waals surface area contributed by atoms with E-state index < -0.39 is 37.0 Å². The Morgan fingerprint density at radius 2 is 0.812 bits per heavy atom. The molecule has 0 aromatic carbocycles. The van der Waals surface area contributed by atoms with E-state index in [0.29, 0.717) is 0 Å². The molecule has 0 amide bonds. The lowest BCUT2D eigenvalue weighted by molar-refractivity contribution is -0.238. The van der Waals surface area contributed by atoms with Crippen molar-refractivity contribution in [1.29, 1.82) is 0 Å². The van der Waals surface area contributed by atoms with Crippen LogP contribution in [0, 0.1) is 0 Å². The Morgan fingerprint density at radius 3 is 1.00 bits per heavy atom. The largest absolute Gasteiger partial charge is 0.387 e. The zero-order chi connectivity index (χ0) is 12.9. The topological polar surface area (TPSA) is 192 Å². The van der Waals surface area contributed by atoms with Crippen LogP contribution in [0.5, 0.6) is 0 Å². The van der Waals surface area contributed by atoms with Crippen LogP contribution in [-0.2, 0) is 9.68 Å². The fourth-order valence-electron chi connectivity index (χ4n) is 0.902. The van der Waals surface area contributed by atoms with Crippen molar-refractivity contribution in [2.45, 2.75) is 37.0 Å². The van der Waals surface area contributed by atoms with Crippen molar-refractivity contribution in [3.8, 4) is 0 Å². The fourth-order valence-corrected chi connectivity index (χ4v) is 0.902. The van der Waals surface area contributed by atoms with E-state index in [9.17, 15) is 10.2 Å². The first-order chi connectivity index (χ1) is 7.36. The van der Waals surface area contributed by atoms with Gasteiger partial charge in [-0.1, -0.05) is 0 Å². The first-order valence-corrected chi connectivity index (χ1v) is 4.16. The third-order valence-corrected chi connectivity index (χ3v) is 1.91. The van der Waals surface area contributed by atoms with E-state index >= 15 is 0 Å². The van der Waals surface area contributed by atoms with E-state index in [1.807, 2.05) is 0 Å². The molecule has 98 valence electrons. The predicted octanol–water partition coefficient (Wildman–Crippen LogP) is -5.15. The van der Waals surface area contributed by atoms with Gasteiger partial charge in [0.1, 0.15) is 24.4 Å². The summed E-state index contributed by atoms with van der Waals surface area (Å²) in [7, 11) is 0. The zero-order valence-corrected chi connectivity index (χ0v) is 8.12. The van der Waals surface area contributed by atoms with Gasteiger partial charge in [-0.15, -0.1) is 0 Å². The molecule has 10 nitrogen and oxygen atoms in total. The molecule has 0 saturated carbocycles. The van der Waals surface area contributed by atoms with Gasteiger partial charge in [0, 0.05) is 0 Å². The molecule has 0 heterocycles. The number of aliphatic hydroxyl groups excluding tert-OH is 6. The van der Waals surface area contributed by atoms with Crippen LogP contribution in [0.1, 0.15) is 0 Å². The molecule has 0 aromatic heterocycles. The highest BCUT2D eigenvalue weighted by atomic mass is 16.7. The molecule has 0 bridgehead atoms. The second-order valence-electron chi connectivity index (χ2n) is 3.02. The van der Waals surface area contributed by atoms with E-state index in [0.717, 1.165) is 0 Å². The summed E-state index contributed by atoms with van der Waals surface area (Å²) >= 11 is 0. The molecular formula is C6H16N2O8. The highest BCUT2D eigenvalue weighted by Crippen LogP contribution is 2.10. The Hall–Kier alpha value is -0.400. The van der Waals surface area contributed by atoms with E-state index in [1.165, 1.54) is 0 Å². The summed E-state index contributed by atoms with van der Waals surface area (Å²) in [5.41, 5.74) is 0. The lowest BCUT2D eigenvalue weighted by Gasteiger charge is -2.29. The van der Waals surface area contributed by atoms with Crippen molar-refractivity contribution in [1.82, 2.24) is 0 Å². The van der Waals surface area contributed by atoms with Gasteiger partial charge in [0.15, 0.2) is 0 Å². The van der Waals surface area contributed by atoms with Gasteiger partial charge in [-0.3, -0.25) is 9.68 Å². The Bertz CT molecular complexity index is 175. The summed E-state index contributed by atoms with van der Waals surface area (Å²) in [6, 6.07) is 0. The van der Waals surface area contributed by atoms with Gasteiger partial charge >= 0.3 is 0 Å². The van der Waals surface area contributed by atoms with E-state index in [1.54, 1.807) is 0 Å². The van der Waals surface area contributed by atoms with Gasteiger partial charge in [-0.2, -0.15) is 0 Å². The van der Waals surface area contributed by atoms with Crippen LogP contribution in [0.2, 0.25) is 0 Å². The summed E-state index contributed by atoms with van der Waals surface area (Å²) in [5.74, 6) is 9.03. The second-order valence-corrected chi connectivity index (χ2v) is 3.02. The van der Waals surface area contributed by atoms with E-state index in [4.69, 9.17) is 20.4 Å². The molecule has 2 unspecified atom stereocenters. The van der Waals surface area contributed by atoms with Gasteiger partial charge in [0.2, 0.25) is 12.6 Å². The van der Waals surface area contributed by atoms with Crippen LogP contribution in [-0.4, -0.2) is 67.6 Å². The molecule has 0 radical (unpaired) electrons. The summed E-state index contributed by atoms with van der Waals surface area (Å²) < 4.78 is 0. The number of hydrogen-bond acceptors (Lipinski definition) is 10. The molecule has 6 atom stereocenters. The molecule has 0 aliphatic rings. The van der Waals surface area contributed by atoms with Crippen molar-refractivity contribution < 1.29 is 40.3 Å². The molecular weight excluding hydrogens is 228 g/mol. The molecule has 10 N–H and O–H groups in total. The van der Waals surface area contributed by atoms with Crippen LogP contribution in [0.3, 0.4) is 0 Å². The number of aliphatic hydroxyl groups is 6. The van der Waals surface area contributed by atoms with E-state index in [-0.39, 0.29) is 0 Å². The average Bonchev–Trinajstić information content (AvgIpc) is 2.32. The van der Waals surface area contributed by atoms with E-state index in [2.05, 4.69) is 21.5 Å². The van der Waals surface area contributed by atoms with Crippen molar-refractivity contribution >= 4 is 0 Å². The van der Waals surface area contributed by atoms with Gasteiger partial charge < -0.3 is 30.6 Å². The maximum Gasteiger partial charge on any atom is 0.203 e. The molecule has 0 rings (SSSR count). The minimum Gasteiger partial charge on any atom is -0.387 e. The first kappa shape index (κ1) is 15.6. The van der Waals surface area contributed by atoms with Gasteiger partial charge in [-0.25, -0.2) is 11.8 Å². The first-order valence-electron chi connectivity index (χ1n) is 4.16. The zero-order valence-electron chi connectivity index (χ0n) is 8.12. The lowest BCUT2D eigenvalue weighted by atomic mass is 10.0. The monoisotopic (exact) mass is 244 g/mol. The van der Waals surface area contributed by atoms with Crippen molar-refractivity contribution in [2.24, 2.45) is 11.8 Å². The van der Waals surface area contributed by atoms with Crippen LogP contribution < -0.4 is 11.8 Å². The molecule has 0 saturated heterocycles. The minimum absolute atomic E-state index is 1.98. The quantitative estimate of drug-likeness (QED) is 0.158. The number of nitrogens with two attached hydrogens (primary N) is 2. The molecule has 0 aliphatic heterocycles. The normalized spacial score (nSPS) is 23.2. The summed E-state index contributed by atoms with van der Waals surface area (Å²) in [6.07, 6.45) is -12.0.